The van der Waals surface area contributed by atoms with Crippen molar-refractivity contribution in [1.82, 2.24) is 4.90 Å². The smallest absolute Gasteiger partial charge is 0.292 e. The van der Waals surface area contributed by atoms with Crippen LogP contribution in [0.25, 0.3) is 6.08 Å². The third-order valence-corrected chi connectivity index (χ3v) is 6.04. The van der Waals surface area contributed by atoms with Crippen molar-refractivity contribution in [2.24, 2.45) is 0 Å². The Balaban J connectivity index is 1.75. The topological polar surface area (TPSA) is 54.5 Å². The molecule has 3 rings (SSSR count). The number of benzene rings is 2. The van der Waals surface area contributed by atoms with E-state index in [-0.39, 0.29) is 17.7 Å². The molecule has 0 N–H and O–H groups in total. The van der Waals surface area contributed by atoms with Crippen LogP contribution in [-0.4, -0.2) is 28.4 Å². The van der Waals surface area contributed by atoms with Gasteiger partial charge in [0, 0.05) is 9.13 Å². The molecule has 1 heterocycles. The van der Waals surface area contributed by atoms with Crippen LogP contribution in [0.1, 0.15) is 42.3 Å². The van der Waals surface area contributed by atoms with E-state index in [2.05, 4.69) is 43.4 Å². The van der Waals surface area contributed by atoms with E-state index in [1.807, 2.05) is 36.4 Å². The van der Waals surface area contributed by atoms with Crippen molar-refractivity contribution in [3.05, 3.63) is 73.7 Å². The Morgan fingerprint density at radius 3 is 2.21 bits per heavy atom. The van der Waals surface area contributed by atoms with Crippen LogP contribution in [0.2, 0.25) is 0 Å². The Kier molecular flexibility index (Phi) is 6.09. The van der Waals surface area contributed by atoms with Gasteiger partial charge in [-0.25, -0.2) is 0 Å². The third-order valence-electron chi connectivity index (χ3n) is 4.42. The minimum Gasteiger partial charge on any atom is -0.292 e. The van der Waals surface area contributed by atoms with E-state index in [4.69, 9.17) is 0 Å². The second-order valence-electron chi connectivity index (χ2n) is 7.57. The van der Waals surface area contributed by atoms with Gasteiger partial charge in [-0.3, -0.25) is 19.3 Å². The molecule has 2 aromatic rings. The summed E-state index contributed by atoms with van der Waals surface area (Å²) in [6, 6.07) is 15.0. The van der Waals surface area contributed by atoms with Crippen molar-refractivity contribution in [3.8, 4) is 0 Å². The van der Waals surface area contributed by atoms with Crippen LogP contribution >= 0.6 is 34.4 Å². The predicted molar refractivity (Wildman–Crippen MR) is 121 cm³/mol. The van der Waals surface area contributed by atoms with Gasteiger partial charge in [0.15, 0.2) is 5.78 Å². The van der Waals surface area contributed by atoms with Crippen LogP contribution in [0.4, 0.5) is 4.79 Å². The van der Waals surface area contributed by atoms with Crippen molar-refractivity contribution in [2.45, 2.75) is 26.2 Å². The van der Waals surface area contributed by atoms with E-state index < -0.39 is 11.1 Å². The molecular weight excluding hydrogens is 485 g/mol. The first-order chi connectivity index (χ1) is 13.1. The maximum atomic E-state index is 12.6. The molecule has 1 fully saturated rings. The van der Waals surface area contributed by atoms with E-state index in [0.29, 0.717) is 10.5 Å². The molecule has 0 radical (unpaired) electrons. The molecule has 0 saturated carbocycles. The molecule has 1 aliphatic rings. The van der Waals surface area contributed by atoms with Gasteiger partial charge in [0.05, 0.1) is 11.4 Å². The second kappa shape index (κ2) is 8.21. The molecule has 6 heteroatoms. The predicted octanol–water partition coefficient (Wildman–Crippen LogP) is 5.51. The van der Waals surface area contributed by atoms with Crippen LogP contribution in [0.5, 0.6) is 0 Å². The van der Waals surface area contributed by atoms with Crippen molar-refractivity contribution in [2.75, 3.05) is 6.54 Å². The van der Waals surface area contributed by atoms with Gasteiger partial charge in [-0.1, -0.05) is 57.2 Å². The molecule has 0 unspecified atom stereocenters. The Morgan fingerprint density at radius 2 is 1.64 bits per heavy atom. The molecule has 28 heavy (non-hydrogen) atoms. The summed E-state index contributed by atoms with van der Waals surface area (Å²) in [6.07, 6.45) is 1.70. The van der Waals surface area contributed by atoms with Gasteiger partial charge in [-0.2, -0.15) is 0 Å². The van der Waals surface area contributed by atoms with Gasteiger partial charge in [-0.15, -0.1) is 0 Å². The highest BCUT2D eigenvalue weighted by Crippen LogP contribution is 2.32. The van der Waals surface area contributed by atoms with Crippen LogP contribution in [-0.2, 0) is 10.2 Å². The lowest BCUT2D eigenvalue weighted by atomic mass is 9.87. The number of amides is 2. The number of carbonyl (C=O) groups is 3. The fourth-order valence-electron chi connectivity index (χ4n) is 2.74. The van der Waals surface area contributed by atoms with Gasteiger partial charge in [0.25, 0.3) is 11.1 Å². The highest BCUT2D eigenvalue weighted by atomic mass is 127. The summed E-state index contributed by atoms with van der Waals surface area (Å²) < 4.78 is 1.01. The average Bonchev–Trinajstić information content (AvgIpc) is 2.89. The van der Waals surface area contributed by atoms with Gasteiger partial charge < -0.3 is 0 Å². The number of ketones is 1. The Morgan fingerprint density at radius 1 is 1.04 bits per heavy atom. The lowest BCUT2D eigenvalue weighted by Gasteiger charge is -2.18. The van der Waals surface area contributed by atoms with E-state index in [1.54, 1.807) is 18.2 Å². The number of hydrogen-bond donors (Lipinski definition) is 0. The average molecular weight is 505 g/mol. The van der Waals surface area contributed by atoms with Gasteiger partial charge in [0.2, 0.25) is 0 Å². The summed E-state index contributed by atoms with van der Waals surface area (Å²) in [5.41, 5.74) is 2.58. The first kappa shape index (κ1) is 20.8. The fourth-order valence-corrected chi connectivity index (χ4v) is 3.94. The largest absolute Gasteiger partial charge is 0.293 e. The third kappa shape index (κ3) is 4.72. The molecule has 0 bridgehead atoms. The first-order valence-electron chi connectivity index (χ1n) is 8.80. The van der Waals surface area contributed by atoms with Crippen molar-refractivity contribution in [3.63, 3.8) is 0 Å². The molecule has 0 aliphatic carbocycles. The summed E-state index contributed by atoms with van der Waals surface area (Å²) >= 11 is 3.03. The Bertz CT molecular complexity index is 957. The SMILES string of the molecule is CC(C)(C)c1ccc(/C=C2\SC(=O)N(CC(=O)c3ccc(I)cc3)C2=O)cc1. The molecular formula is C22H20INO3S. The summed E-state index contributed by atoms with van der Waals surface area (Å²) in [4.78, 5) is 38.7. The summed E-state index contributed by atoms with van der Waals surface area (Å²) in [7, 11) is 0. The fraction of sp³-hybridized carbons (Fsp3) is 0.227. The number of thioether (sulfide) groups is 1. The molecule has 2 aromatic carbocycles. The van der Waals surface area contributed by atoms with Gasteiger partial charge in [-0.05, 0) is 69.1 Å². The molecule has 144 valence electrons. The van der Waals surface area contributed by atoms with Crippen LogP contribution in [0, 0.1) is 3.57 Å². The number of nitrogens with zero attached hydrogens (tertiary/aromatic N) is 1. The van der Waals surface area contributed by atoms with Crippen molar-refractivity contribution < 1.29 is 14.4 Å². The molecule has 1 saturated heterocycles. The number of carbonyl (C=O) groups excluding carboxylic acids is 3. The maximum Gasteiger partial charge on any atom is 0.293 e. The van der Waals surface area contributed by atoms with E-state index in [9.17, 15) is 14.4 Å². The second-order valence-corrected chi connectivity index (χ2v) is 9.81. The Labute approximate surface area is 182 Å². The molecule has 4 nitrogen and oxygen atoms in total. The lowest BCUT2D eigenvalue weighted by Crippen LogP contribution is -2.33. The zero-order valence-corrected chi connectivity index (χ0v) is 18.8. The highest BCUT2D eigenvalue weighted by Gasteiger charge is 2.36. The first-order valence-corrected chi connectivity index (χ1v) is 10.7. The Hall–Kier alpha value is -1.93. The molecule has 0 aromatic heterocycles. The minimum atomic E-state index is -0.422. The van der Waals surface area contributed by atoms with Crippen molar-refractivity contribution >= 4 is 57.4 Å². The minimum absolute atomic E-state index is 0.0479. The normalized spacial score (nSPS) is 16.1. The van der Waals surface area contributed by atoms with Crippen LogP contribution in [0.15, 0.2) is 53.4 Å². The molecule has 1 aliphatic heterocycles. The molecule has 0 atom stereocenters. The van der Waals surface area contributed by atoms with E-state index >= 15 is 0 Å². The number of imide groups is 1. The number of halogens is 1. The summed E-state index contributed by atoms with van der Waals surface area (Å²) in [5.74, 6) is -0.678. The highest BCUT2D eigenvalue weighted by molar-refractivity contribution is 14.1. The van der Waals surface area contributed by atoms with Gasteiger partial charge in [0.1, 0.15) is 0 Å². The zero-order chi connectivity index (χ0) is 20.5. The number of rotatable bonds is 4. The van der Waals surface area contributed by atoms with Crippen molar-refractivity contribution in [1.29, 1.82) is 0 Å². The number of hydrogen-bond acceptors (Lipinski definition) is 4. The summed E-state index contributed by atoms with van der Waals surface area (Å²) in [6.45, 7) is 6.17. The number of Topliss-reactive ketones (excluding diaryl/α,β-unsaturated/α-hetero) is 1. The standard InChI is InChI=1S/C22H20INO3S/c1-22(2,3)16-8-4-14(5-9-16)12-19-20(26)24(21(27)28-19)13-18(25)15-6-10-17(23)11-7-15/h4-12H,13H2,1-3H3/b19-12-. The molecule has 2 amide bonds. The maximum absolute atomic E-state index is 12.6. The lowest BCUT2D eigenvalue weighted by molar-refractivity contribution is -0.122. The van der Waals surface area contributed by atoms with E-state index in [0.717, 1.165) is 25.8 Å². The summed E-state index contributed by atoms with van der Waals surface area (Å²) in [5, 5.41) is -0.415. The van der Waals surface area contributed by atoms with Gasteiger partial charge >= 0.3 is 0 Å². The van der Waals surface area contributed by atoms with Crippen LogP contribution in [0.3, 0.4) is 0 Å². The monoisotopic (exact) mass is 505 g/mol. The van der Waals surface area contributed by atoms with E-state index in [1.165, 1.54) is 5.56 Å². The van der Waals surface area contributed by atoms with Crippen LogP contribution < -0.4 is 0 Å². The molecule has 0 spiro atoms. The zero-order valence-electron chi connectivity index (χ0n) is 15.9. The quantitative estimate of drug-likeness (QED) is 0.313.